The molecule has 0 bridgehead atoms. The van der Waals surface area contributed by atoms with Crippen molar-refractivity contribution in [1.29, 1.82) is 0 Å². The van der Waals surface area contributed by atoms with Crippen LogP contribution in [0.25, 0.3) is 6.08 Å². The van der Waals surface area contributed by atoms with Gasteiger partial charge in [-0.3, -0.25) is 4.79 Å². The predicted octanol–water partition coefficient (Wildman–Crippen LogP) is 4.04. The van der Waals surface area contributed by atoms with E-state index in [9.17, 15) is 4.79 Å². The highest BCUT2D eigenvalue weighted by Crippen LogP contribution is 2.34. The number of fused-ring (bicyclic) bond motifs is 2. The molecule has 0 saturated heterocycles. The van der Waals surface area contributed by atoms with Crippen LogP contribution >= 0.6 is 15.9 Å². The average Bonchev–Trinajstić information content (AvgIpc) is 3.08. The maximum absolute atomic E-state index is 12.3. The molecule has 4 nitrogen and oxygen atoms in total. The fourth-order valence-corrected chi connectivity index (χ4v) is 3.60. The first-order valence-corrected chi connectivity index (χ1v) is 9.15. The van der Waals surface area contributed by atoms with Gasteiger partial charge in [-0.25, -0.2) is 0 Å². The summed E-state index contributed by atoms with van der Waals surface area (Å²) >= 11 is 3.48. The Morgan fingerprint density at radius 2 is 1.96 bits per heavy atom. The van der Waals surface area contributed by atoms with Crippen LogP contribution in [0.4, 0.5) is 0 Å². The Bertz CT molecular complexity index is 847. The number of hydrogen-bond acceptors (Lipinski definition) is 3. The van der Waals surface area contributed by atoms with Gasteiger partial charge in [-0.1, -0.05) is 22.0 Å². The monoisotopic (exact) mass is 399 g/mol. The van der Waals surface area contributed by atoms with Gasteiger partial charge in [-0.05, 0) is 47.5 Å². The van der Waals surface area contributed by atoms with Gasteiger partial charge in [0, 0.05) is 29.0 Å². The third kappa shape index (κ3) is 3.56. The minimum absolute atomic E-state index is 0.0354. The SMILES string of the molecule is O=C(/C=C/c1ccc2c(c1)CCO2)NC1CCOc2ccc(Br)cc21. The molecule has 2 aliphatic rings. The van der Waals surface area contributed by atoms with E-state index >= 15 is 0 Å². The van der Waals surface area contributed by atoms with Gasteiger partial charge in [-0.15, -0.1) is 0 Å². The number of nitrogens with one attached hydrogen (secondary N) is 1. The van der Waals surface area contributed by atoms with Crippen LogP contribution in [0.1, 0.15) is 29.2 Å². The second-order valence-corrected chi connectivity index (χ2v) is 7.10. The molecule has 2 aromatic rings. The molecule has 1 atom stereocenters. The Morgan fingerprint density at radius 1 is 1.12 bits per heavy atom. The third-order valence-corrected chi connectivity index (χ3v) is 4.96. The number of carbonyl (C=O) groups is 1. The van der Waals surface area contributed by atoms with E-state index in [0.717, 1.165) is 46.5 Å². The molecule has 128 valence electrons. The highest BCUT2D eigenvalue weighted by molar-refractivity contribution is 9.10. The molecule has 25 heavy (non-hydrogen) atoms. The van der Waals surface area contributed by atoms with Gasteiger partial charge < -0.3 is 14.8 Å². The van der Waals surface area contributed by atoms with Crippen LogP contribution in [0.5, 0.6) is 11.5 Å². The van der Waals surface area contributed by atoms with Gasteiger partial charge in [0.15, 0.2) is 0 Å². The molecular weight excluding hydrogens is 382 g/mol. The third-order valence-electron chi connectivity index (χ3n) is 4.47. The molecule has 0 radical (unpaired) electrons. The number of rotatable bonds is 3. The quantitative estimate of drug-likeness (QED) is 0.792. The van der Waals surface area contributed by atoms with Crippen molar-refractivity contribution in [3.05, 3.63) is 63.6 Å². The molecule has 0 aromatic heterocycles. The first-order chi connectivity index (χ1) is 12.2. The topological polar surface area (TPSA) is 47.6 Å². The molecule has 1 N–H and O–H groups in total. The van der Waals surface area contributed by atoms with Crippen molar-refractivity contribution in [1.82, 2.24) is 5.32 Å². The summed E-state index contributed by atoms with van der Waals surface area (Å²) in [6, 6.07) is 11.9. The van der Waals surface area contributed by atoms with E-state index in [2.05, 4.69) is 27.3 Å². The Morgan fingerprint density at radius 3 is 2.88 bits per heavy atom. The Balaban J connectivity index is 1.45. The maximum Gasteiger partial charge on any atom is 0.244 e. The fraction of sp³-hybridized carbons (Fsp3) is 0.250. The van der Waals surface area contributed by atoms with Gasteiger partial charge >= 0.3 is 0 Å². The molecule has 5 heteroatoms. The largest absolute Gasteiger partial charge is 0.493 e. The number of carbonyl (C=O) groups excluding carboxylic acids is 1. The zero-order valence-corrected chi connectivity index (χ0v) is 15.2. The van der Waals surface area contributed by atoms with Crippen LogP contribution in [-0.2, 0) is 11.2 Å². The average molecular weight is 400 g/mol. The second-order valence-electron chi connectivity index (χ2n) is 6.18. The molecule has 2 aliphatic heterocycles. The van der Waals surface area contributed by atoms with Gasteiger partial charge in [-0.2, -0.15) is 0 Å². The lowest BCUT2D eigenvalue weighted by atomic mass is 10.0. The van der Waals surface area contributed by atoms with Crippen LogP contribution in [0.2, 0.25) is 0 Å². The van der Waals surface area contributed by atoms with Crippen LogP contribution in [0.15, 0.2) is 46.9 Å². The standard InChI is InChI=1S/C20H18BrNO3/c21-15-3-5-19-16(12-15)17(8-10-25-19)22-20(23)6-2-13-1-4-18-14(11-13)7-9-24-18/h1-6,11-12,17H,7-10H2,(H,22,23)/b6-2+. The van der Waals surface area contributed by atoms with Crippen LogP contribution in [0, 0.1) is 0 Å². The van der Waals surface area contributed by atoms with E-state index < -0.39 is 0 Å². The molecule has 4 rings (SSSR count). The van der Waals surface area contributed by atoms with Crippen LogP contribution < -0.4 is 14.8 Å². The van der Waals surface area contributed by atoms with E-state index in [1.807, 2.05) is 36.4 Å². The number of hydrogen-bond donors (Lipinski definition) is 1. The van der Waals surface area contributed by atoms with Crippen molar-refractivity contribution >= 4 is 27.9 Å². The summed E-state index contributed by atoms with van der Waals surface area (Å²) in [7, 11) is 0. The summed E-state index contributed by atoms with van der Waals surface area (Å²) in [6.07, 6.45) is 5.12. The molecule has 0 spiro atoms. The zero-order chi connectivity index (χ0) is 17.2. The smallest absolute Gasteiger partial charge is 0.244 e. The number of amides is 1. The summed E-state index contributed by atoms with van der Waals surface area (Å²) in [4.78, 5) is 12.3. The van der Waals surface area contributed by atoms with Crippen molar-refractivity contribution < 1.29 is 14.3 Å². The minimum atomic E-state index is -0.102. The Labute approximate surface area is 155 Å². The number of halogens is 1. The lowest BCUT2D eigenvalue weighted by Gasteiger charge is -2.26. The fourth-order valence-electron chi connectivity index (χ4n) is 3.22. The maximum atomic E-state index is 12.3. The van der Waals surface area contributed by atoms with Crippen LogP contribution in [0.3, 0.4) is 0 Å². The molecule has 0 aliphatic carbocycles. The summed E-state index contributed by atoms with van der Waals surface area (Å²) in [5.74, 6) is 1.68. The van der Waals surface area contributed by atoms with Gasteiger partial charge in [0.25, 0.3) is 0 Å². The van der Waals surface area contributed by atoms with Crippen molar-refractivity contribution in [3.63, 3.8) is 0 Å². The van der Waals surface area contributed by atoms with Gasteiger partial charge in [0.05, 0.1) is 19.3 Å². The lowest BCUT2D eigenvalue weighted by Crippen LogP contribution is -2.31. The molecule has 2 heterocycles. The highest BCUT2D eigenvalue weighted by atomic mass is 79.9. The zero-order valence-electron chi connectivity index (χ0n) is 13.6. The molecule has 0 fully saturated rings. The molecule has 1 amide bonds. The van der Waals surface area contributed by atoms with Gasteiger partial charge in [0.2, 0.25) is 5.91 Å². The lowest BCUT2D eigenvalue weighted by molar-refractivity contribution is -0.117. The Kier molecular flexibility index (Phi) is 4.49. The van der Waals surface area contributed by atoms with Crippen LogP contribution in [-0.4, -0.2) is 19.1 Å². The van der Waals surface area contributed by atoms with E-state index in [1.165, 1.54) is 5.56 Å². The molecule has 1 unspecified atom stereocenters. The van der Waals surface area contributed by atoms with Crippen molar-refractivity contribution in [3.8, 4) is 11.5 Å². The second kappa shape index (κ2) is 6.92. The van der Waals surface area contributed by atoms with E-state index in [4.69, 9.17) is 9.47 Å². The first kappa shape index (κ1) is 16.2. The molecular formula is C20H18BrNO3. The van der Waals surface area contributed by atoms with Crippen molar-refractivity contribution in [2.75, 3.05) is 13.2 Å². The summed E-state index contributed by atoms with van der Waals surface area (Å²) in [5.41, 5.74) is 3.22. The minimum Gasteiger partial charge on any atom is -0.493 e. The summed E-state index contributed by atoms with van der Waals surface area (Å²) in [6.45, 7) is 1.34. The van der Waals surface area contributed by atoms with E-state index in [0.29, 0.717) is 6.61 Å². The van der Waals surface area contributed by atoms with Gasteiger partial charge in [0.1, 0.15) is 11.5 Å². The van der Waals surface area contributed by atoms with Crippen molar-refractivity contribution in [2.24, 2.45) is 0 Å². The van der Waals surface area contributed by atoms with E-state index in [1.54, 1.807) is 6.08 Å². The van der Waals surface area contributed by atoms with Crippen molar-refractivity contribution in [2.45, 2.75) is 18.9 Å². The summed E-state index contributed by atoms with van der Waals surface area (Å²) in [5, 5.41) is 3.07. The molecule has 2 aromatic carbocycles. The molecule has 0 saturated carbocycles. The number of benzene rings is 2. The highest BCUT2D eigenvalue weighted by Gasteiger charge is 2.22. The first-order valence-electron chi connectivity index (χ1n) is 8.35. The Hall–Kier alpha value is -2.27. The normalized spacial score (nSPS) is 18.2. The predicted molar refractivity (Wildman–Crippen MR) is 99.8 cm³/mol. The van der Waals surface area contributed by atoms with E-state index in [-0.39, 0.29) is 11.9 Å². The number of ether oxygens (including phenoxy) is 2. The summed E-state index contributed by atoms with van der Waals surface area (Å²) < 4.78 is 12.1.